The maximum atomic E-state index is 12.7. The summed E-state index contributed by atoms with van der Waals surface area (Å²) in [7, 11) is 1.55. The molecule has 94 valence electrons. The minimum Gasteiger partial charge on any atom is -0.489 e. The number of aromatic nitrogens is 2. The minimum absolute atomic E-state index is 0.0705. The van der Waals surface area contributed by atoms with Crippen LogP contribution in [0.15, 0.2) is 30.5 Å². The highest BCUT2D eigenvalue weighted by atomic mass is 19.1. The predicted molar refractivity (Wildman–Crippen MR) is 60.9 cm³/mol. The quantitative estimate of drug-likeness (QED) is 0.899. The van der Waals surface area contributed by atoms with E-state index in [1.807, 2.05) is 0 Å². The van der Waals surface area contributed by atoms with E-state index in [1.165, 1.54) is 35.1 Å². The number of benzene rings is 1. The number of carbonyl (C=O) groups is 1. The van der Waals surface area contributed by atoms with Crippen LogP contribution in [0, 0.1) is 5.82 Å². The Morgan fingerprint density at radius 2 is 2.11 bits per heavy atom. The number of aromatic carboxylic acids is 1. The second kappa shape index (κ2) is 4.87. The van der Waals surface area contributed by atoms with Gasteiger partial charge in [0.05, 0.1) is 6.20 Å². The molecule has 2 aromatic rings. The van der Waals surface area contributed by atoms with Crippen molar-refractivity contribution in [3.8, 4) is 5.75 Å². The minimum atomic E-state index is -1.06. The summed E-state index contributed by atoms with van der Waals surface area (Å²) in [6, 6.07) is 5.51. The fourth-order valence-corrected chi connectivity index (χ4v) is 1.56. The second-order valence-electron chi connectivity index (χ2n) is 3.69. The van der Waals surface area contributed by atoms with Crippen LogP contribution in [0.4, 0.5) is 4.39 Å². The summed E-state index contributed by atoms with van der Waals surface area (Å²) in [5, 5.41) is 12.9. The molecule has 1 aromatic heterocycles. The van der Waals surface area contributed by atoms with Crippen LogP contribution in [0.2, 0.25) is 0 Å². The van der Waals surface area contributed by atoms with Gasteiger partial charge < -0.3 is 9.84 Å². The molecule has 6 heteroatoms. The van der Waals surface area contributed by atoms with Crippen LogP contribution in [0.3, 0.4) is 0 Å². The van der Waals surface area contributed by atoms with E-state index in [-0.39, 0.29) is 18.1 Å². The maximum absolute atomic E-state index is 12.7. The van der Waals surface area contributed by atoms with Crippen LogP contribution in [0.1, 0.15) is 16.1 Å². The lowest BCUT2D eigenvalue weighted by Crippen LogP contribution is -2.09. The maximum Gasteiger partial charge on any atom is 0.354 e. The highest BCUT2D eigenvalue weighted by Crippen LogP contribution is 2.15. The molecule has 1 N–H and O–H groups in total. The molecule has 0 spiro atoms. The summed E-state index contributed by atoms with van der Waals surface area (Å²) in [6.45, 7) is 0.0705. The Morgan fingerprint density at radius 1 is 1.44 bits per heavy atom. The van der Waals surface area contributed by atoms with Gasteiger partial charge in [-0.15, -0.1) is 0 Å². The molecular weight excluding hydrogens is 239 g/mol. The van der Waals surface area contributed by atoms with Gasteiger partial charge in [0, 0.05) is 12.6 Å². The van der Waals surface area contributed by atoms with E-state index in [4.69, 9.17) is 9.84 Å². The number of carboxylic acids is 1. The number of hydrogen-bond donors (Lipinski definition) is 1. The molecule has 0 saturated heterocycles. The number of aryl methyl sites for hydroxylation is 1. The van der Waals surface area contributed by atoms with Crippen LogP contribution in [0.25, 0.3) is 0 Å². The lowest BCUT2D eigenvalue weighted by Gasteiger charge is -2.05. The lowest BCUT2D eigenvalue weighted by atomic mass is 10.2. The highest BCUT2D eigenvalue weighted by Gasteiger charge is 2.15. The van der Waals surface area contributed by atoms with Crippen LogP contribution in [0.5, 0.6) is 5.75 Å². The number of halogens is 1. The monoisotopic (exact) mass is 250 g/mol. The average Bonchev–Trinajstić information content (AvgIpc) is 2.70. The van der Waals surface area contributed by atoms with Crippen molar-refractivity contribution in [1.82, 2.24) is 9.78 Å². The number of rotatable bonds is 4. The van der Waals surface area contributed by atoms with Crippen molar-refractivity contribution in [1.29, 1.82) is 0 Å². The third-order valence-electron chi connectivity index (χ3n) is 2.43. The summed E-state index contributed by atoms with van der Waals surface area (Å²) >= 11 is 0. The second-order valence-corrected chi connectivity index (χ2v) is 3.69. The third kappa shape index (κ3) is 2.48. The van der Waals surface area contributed by atoms with Gasteiger partial charge in [-0.05, 0) is 24.3 Å². The zero-order chi connectivity index (χ0) is 13.1. The van der Waals surface area contributed by atoms with Crippen molar-refractivity contribution >= 4 is 5.97 Å². The Kier molecular flexibility index (Phi) is 3.27. The lowest BCUT2D eigenvalue weighted by molar-refractivity contribution is 0.0682. The molecule has 0 aliphatic heterocycles. The fourth-order valence-electron chi connectivity index (χ4n) is 1.56. The first kappa shape index (κ1) is 12.1. The third-order valence-corrected chi connectivity index (χ3v) is 2.43. The van der Waals surface area contributed by atoms with Crippen molar-refractivity contribution in [3.63, 3.8) is 0 Å². The van der Waals surface area contributed by atoms with Gasteiger partial charge in [0.15, 0.2) is 5.69 Å². The number of nitrogens with zero attached hydrogens (tertiary/aromatic N) is 2. The van der Waals surface area contributed by atoms with Gasteiger partial charge in [-0.2, -0.15) is 5.10 Å². The van der Waals surface area contributed by atoms with Gasteiger partial charge in [0.25, 0.3) is 0 Å². The van der Waals surface area contributed by atoms with Crippen LogP contribution < -0.4 is 4.74 Å². The van der Waals surface area contributed by atoms with E-state index in [0.717, 1.165) is 0 Å². The van der Waals surface area contributed by atoms with Crippen LogP contribution in [-0.2, 0) is 13.7 Å². The zero-order valence-corrected chi connectivity index (χ0v) is 9.63. The Hall–Kier alpha value is -2.37. The summed E-state index contributed by atoms with van der Waals surface area (Å²) in [4.78, 5) is 11.0. The highest BCUT2D eigenvalue weighted by molar-refractivity contribution is 5.87. The largest absolute Gasteiger partial charge is 0.489 e. The molecule has 0 saturated carbocycles. The molecule has 0 unspecified atom stereocenters. The van der Waals surface area contributed by atoms with E-state index in [2.05, 4.69) is 5.10 Å². The average molecular weight is 250 g/mol. The van der Waals surface area contributed by atoms with Gasteiger partial charge in [-0.1, -0.05) is 0 Å². The van der Waals surface area contributed by atoms with Crippen molar-refractivity contribution in [2.45, 2.75) is 6.61 Å². The molecule has 0 fully saturated rings. The summed E-state index contributed by atoms with van der Waals surface area (Å²) in [5.41, 5.74) is 0.548. The molecule has 0 aliphatic rings. The SMILES string of the molecule is Cn1ncc(COc2ccc(F)cc2)c1C(=O)O. The van der Waals surface area contributed by atoms with E-state index < -0.39 is 5.97 Å². The van der Waals surface area contributed by atoms with E-state index in [9.17, 15) is 9.18 Å². The number of ether oxygens (including phenoxy) is 1. The number of carboxylic acid groups (broad SMARTS) is 1. The molecule has 0 aliphatic carbocycles. The smallest absolute Gasteiger partial charge is 0.354 e. The van der Waals surface area contributed by atoms with Crippen molar-refractivity contribution in [2.75, 3.05) is 0 Å². The van der Waals surface area contributed by atoms with Crippen molar-refractivity contribution in [2.24, 2.45) is 7.05 Å². The first-order chi connectivity index (χ1) is 8.58. The number of hydrogen-bond acceptors (Lipinski definition) is 3. The molecule has 0 bridgehead atoms. The van der Waals surface area contributed by atoms with Crippen LogP contribution >= 0.6 is 0 Å². The molecular formula is C12H11FN2O3. The first-order valence-corrected chi connectivity index (χ1v) is 5.20. The van der Waals surface area contributed by atoms with Crippen LogP contribution in [-0.4, -0.2) is 20.9 Å². The standard InChI is InChI=1S/C12H11FN2O3/c1-15-11(12(16)17)8(6-14-15)7-18-10-4-2-9(13)3-5-10/h2-6H,7H2,1H3,(H,16,17). The Labute approximate surface area is 102 Å². The molecule has 1 heterocycles. The van der Waals surface area contributed by atoms with E-state index in [1.54, 1.807) is 7.05 Å². The van der Waals surface area contributed by atoms with Crippen molar-refractivity contribution < 1.29 is 19.0 Å². The Bertz CT molecular complexity index is 563. The molecule has 5 nitrogen and oxygen atoms in total. The summed E-state index contributed by atoms with van der Waals surface area (Å²) in [6.07, 6.45) is 1.44. The predicted octanol–water partition coefficient (Wildman–Crippen LogP) is 1.84. The topological polar surface area (TPSA) is 64.4 Å². The van der Waals surface area contributed by atoms with E-state index in [0.29, 0.717) is 11.3 Å². The summed E-state index contributed by atoms with van der Waals surface area (Å²) < 4.78 is 19.3. The van der Waals surface area contributed by atoms with Gasteiger partial charge in [-0.25, -0.2) is 9.18 Å². The van der Waals surface area contributed by atoms with Gasteiger partial charge >= 0.3 is 5.97 Å². The normalized spacial score (nSPS) is 10.3. The first-order valence-electron chi connectivity index (χ1n) is 5.20. The molecule has 18 heavy (non-hydrogen) atoms. The summed E-state index contributed by atoms with van der Waals surface area (Å²) in [5.74, 6) is -0.945. The molecule has 1 aromatic carbocycles. The Morgan fingerprint density at radius 3 is 2.72 bits per heavy atom. The molecule has 2 rings (SSSR count). The zero-order valence-electron chi connectivity index (χ0n) is 9.63. The molecule has 0 atom stereocenters. The van der Waals surface area contributed by atoms with Gasteiger partial charge in [-0.3, -0.25) is 4.68 Å². The van der Waals surface area contributed by atoms with Gasteiger partial charge in [0.2, 0.25) is 0 Å². The molecule has 0 amide bonds. The van der Waals surface area contributed by atoms with Crippen molar-refractivity contribution in [3.05, 3.63) is 47.5 Å². The Balaban J connectivity index is 2.11. The van der Waals surface area contributed by atoms with Gasteiger partial charge in [0.1, 0.15) is 18.2 Å². The fraction of sp³-hybridized carbons (Fsp3) is 0.167. The van der Waals surface area contributed by atoms with E-state index >= 15 is 0 Å². The molecule has 0 radical (unpaired) electrons.